The number of hydrogen-bond donors (Lipinski definition) is 1. The lowest BCUT2D eigenvalue weighted by Crippen LogP contribution is -2.54. The van der Waals surface area contributed by atoms with Crippen LogP contribution in [0, 0.1) is 6.92 Å². The Morgan fingerprint density at radius 3 is 2.32 bits per heavy atom. The van der Waals surface area contributed by atoms with E-state index in [9.17, 15) is 18.0 Å². The zero-order valence-electron chi connectivity index (χ0n) is 23.2. The second-order valence-electron chi connectivity index (χ2n) is 10.5. The fraction of sp³-hybridized carbons (Fsp3) is 0.355. The van der Waals surface area contributed by atoms with Gasteiger partial charge in [0, 0.05) is 28.5 Å². The summed E-state index contributed by atoms with van der Waals surface area (Å²) in [5, 5.41) is 3.64. The lowest BCUT2D eigenvalue weighted by Gasteiger charge is -2.34. The molecule has 1 saturated carbocycles. The van der Waals surface area contributed by atoms with Crippen LogP contribution in [0.3, 0.4) is 0 Å². The second kappa shape index (κ2) is 13.9. The number of rotatable bonds is 11. The highest BCUT2D eigenvalue weighted by molar-refractivity contribution is 9.10. The highest BCUT2D eigenvalue weighted by Gasteiger charge is 2.34. The summed E-state index contributed by atoms with van der Waals surface area (Å²) in [6.45, 7) is 1.42. The Labute approximate surface area is 256 Å². The molecule has 218 valence electrons. The van der Waals surface area contributed by atoms with Gasteiger partial charge in [-0.05, 0) is 66.8 Å². The van der Waals surface area contributed by atoms with Crippen LogP contribution in [0.2, 0.25) is 5.02 Å². The van der Waals surface area contributed by atoms with Crippen molar-refractivity contribution < 1.29 is 18.0 Å². The topological polar surface area (TPSA) is 86.8 Å². The lowest BCUT2D eigenvalue weighted by molar-refractivity contribution is -0.140. The molecule has 3 aromatic carbocycles. The van der Waals surface area contributed by atoms with Gasteiger partial charge in [-0.3, -0.25) is 13.9 Å². The molecule has 4 rings (SSSR count). The number of carbonyl (C=O) groups excluding carboxylic acids is 2. The summed E-state index contributed by atoms with van der Waals surface area (Å²) >= 11 is 9.62. The molecule has 1 fully saturated rings. The van der Waals surface area contributed by atoms with E-state index in [4.69, 9.17) is 11.6 Å². The maximum absolute atomic E-state index is 14.2. The number of amides is 2. The van der Waals surface area contributed by atoms with Crippen LogP contribution in [0.15, 0.2) is 77.3 Å². The minimum Gasteiger partial charge on any atom is -0.352 e. The fourth-order valence-corrected chi connectivity index (χ4v) is 6.83. The molecule has 1 atom stereocenters. The largest absolute Gasteiger partial charge is 0.352 e. The van der Waals surface area contributed by atoms with E-state index in [1.807, 2.05) is 54.6 Å². The molecule has 0 spiro atoms. The Morgan fingerprint density at radius 2 is 1.68 bits per heavy atom. The van der Waals surface area contributed by atoms with Crippen LogP contribution in [0.25, 0.3) is 0 Å². The third kappa shape index (κ3) is 8.56. The Bertz CT molecular complexity index is 1480. The van der Waals surface area contributed by atoms with Gasteiger partial charge in [-0.1, -0.05) is 82.8 Å². The lowest BCUT2D eigenvalue weighted by atomic mass is 10.0. The molecule has 0 unspecified atom stereocenters. The van der Waals surface area contributed by atoms with Crippen molar-refractivity contribution in [3.05, 3.63) is 99.0 Å². The SMILES string of the molecule is Cc1cc(Cl)ccc1N(CC(=O)N(Cc1cccc(Br)c1)[C@@H](Cc1ccccc1)C(=O)NC1CCCC1)S(C)(=O)=O. The Kier molecular flexibility index (Phi) is 10.5. The summed E-state index contributed by atoms with van der Waals surface area (Å²) in [7, 11) is -3.85. The van der Waals surface area contributed by atoms with Crippen LogP contribution in [-0.2, 0) is 32.6 Å². The zero-order valence-corrected chi connectivity index (χ0v) is 26.4. The van der Waals surface area contributed by atoms with Crippen molar-refractivity contribution in [1.29, 1.82) is 0 Å². The third-order valence-electron chi connectivity index (χ3n) is 7.32. The van der Waals surface area contributed by atoms with Gasteiger partial charge in [0.25, 0.3) is 0 Å². The molecule has 2 amide bonds. The Morgan fingerprint density at radius 1 is 1.00 bits per heavy atom. The van der Waals surface area contributed by atoms with E-state index in [0.29, 0.717) is 16.3 Å². The summed E-state index contributed by atoms with van der Waals surface area (Å²) in [6, 6.07) is 21.2. The van der Waals surface area contributed by atoms with E-state index >= 15 is 0 Å². The smallest absolute Gasteiger partial charge is 0.244 e. The van der Waals surface area contributed by atoms with Crippen molar-refractivity contribution in [2.75, 3.05) is 17.1 Å². The van der Waals surface area contributed by atoms with Crippen molar-refractivity contribution >= 4 is 55.1 Å². The van der Waals surface area contributed by atoms with E-state index in [-0.39, 0.29) is 24.9 Å². The number of hydrogen-bond acceptors (Lipinski definition) is 4. The first-order chi connectivity index (χ1) is 19.5. The first-order valence-corrected chi connectivity index (χ1v) is 16.7. The van der Waals surface area contributed by atoms with Crippen molar-refractivity contribution in [2.24, 2.45) is 0 Å². The Hall–Kier alpha value is -2.88. The van der Waals surface area contributed by atoms with Gasteiger partial charge < -0.3 is 10.2 Å². The molecular formula is C31H35BrClN3O4S. The third-order valence-corrected chi connectivity index (χ3v) is 9.18. The first kappa shape index (κ1) is 31.1. The molecule has 1 aliphatic carbocycles. The second-order valence-corrected chi connectivity index (χ2v) is 13.8. The predicted octanol–water partition coefficient (Wildman–Crippen LogP) is 5.88. The maximum Gasteiger partial charge on any atom is 0.244 e. The molecule has 0 saturated heterocycles. The quantitative estimate of drug-likeness (QED) is 0.279. The number of nitrogens with one attached hydrogen (secondary N) is 1. The highest BCUT2D eigenvalue weighted by atomic mass is 79.9. The summed E-state index contributed by atoms with van der Waals surface area (Å²) in [4.78, 5) is 29.6. The highest BCUT2D eigenvalue weighted by Crippen LogP contribution is 2.27. The average molecular weight is 661 g/mol. The minimum absolute atomic E-state index is 0.0628. The molecule has 1 N–H and O–H groups in total. The number of aryl methyl sites for hydroxylation is 1. The van der Waals surface area contributed by atoms with E-state index in [2.05, 4.69) is 21.2 Å². The number of halogens is 2. The van der Waals surface area contributed by atoms with Gasteiger partial charge in [0.2, 0.25) is 21.8 Å². The van der Waals surface area contributed by atoms with E-state index in [1.54, 1.807) is 25.1 Å². The summed E-state index contributed by atoms with van der Waals surface area (Å²) in [5.74, 6) is -0.718. The molecule has 3 aromatic rings. The molecule has 10 heteroatoms. The van der Waals surface area contributed by atoms with Gasteiger partial charge >= 0.3 is 0 Å². The Balaban J connectivity index is 1.74. The van der Waals surface area contributed by atoms with E-state index in [0.717, 1.165) is 51.8 Å². The van der Waals surface area contributed by atoms with E-state index in [1.165, 1.54) is 4.90 Å². The van der Waals surface area contributed by atoms with Crippen molar-refractivity contribution in [2.45, 2.75) is 57.7 Å². The molecule has 0 radical (unpaired) electrons. The van der Waals surface area contributed by atoms with Crippen LogP contribution in [0.5, 0.6) is 0 Å². The number of nitrogens with zero attached hydrogens (tertiary/aromatic N) is 2. The van der Waals surface area contributed by atoms with Gasteiger partial charge in [-0.25, -0.2) is 8.42 Å². The van der Waals surface area contributed by atoms with Gasteiger partial charge in [0.05, 0.1) is 11.9 Å². The van der Waals surface area contributed by atoms with Crippen LogP contribution in [-0.4, -0.2) is 50.0 Å². The molecule has 0 bridgehead atoms. The van der Waals surface area contributed by atoms with Crippen LogP contribution in [0.1, 0.15) is 42.4 Å². The zero-order chi connectivity index (χ0) is 29.6. The fourth-order valence-electron chi connectivity index (χ4n) is 5.25. The normalized spacial score (nSPS) is 14.4. The molecular weight excluding hydrogens is 626 g/mol. The van der Waals surface area contributed by atoms with Crippen LogP contribution >= 0.6 is 27.5 Å². The molecule has 0 heterocycles. The number of anilines is 1. The van der Waals surface area contributed by atoms with Crippen molar-refractivity contribution in [1.82, 2.24) is 10.2 Å². The number of carbonyl (C=O) groups is 2. The number of benzene rings is 3. The minimum atomic E-state index is -3.85. The first-order valence-electron chi connectivity index (χ1n) is 13.6. The molecule has 1 aliphatic rings. The van der Waals surface area contributed by atoms with Crippen LogP contribution in [0.4, 0.5) is 5.69 Å². The standard InChI is InChI=1S/C31H35BrClN3O4S/c1-22-17-26(33)15-16-28(22)36(41(2,39)40)21-30(37)35(20-24-11-8-12-25(32)18-24)29(19-23-9-4-3-5-10-23)31(38)34-27-13-6-7-14-27/h3-5,8-12,15-18,27,29H,6-7,13-14,19-21H2,1-2H3,(H,34,38)/t29-/m0/s1. The van der Waals surface area contributed by atoms with Gasteiger partial charge in [0.15, 0.2) is 0 Å². The summed E-state index contributed by atoms with van der Waals surface area (Å²) in [6.07, 6.45) is 5.28. The molecule has 41 heavy (non-hydrogen) atoms. The van der Waals surface area contributed by atoms with Crippen LogP contribution < -0.4 is 9.62 Å². The van der Waals surface area contributed by atoms with E-state index < -0.39 is 28.5 Å². The summed E-state index contributed by atoms with van der Waals surface area (Å²) < 4.78 is 27.9. The van der Waals surface area contributed by atoms with Gasteiger partial charge in [-0.2, -0.15) is 0 Å². The van der Waals surface area contributed by atoms with Gasteiger partial charge in [-0.15, -0.1) is 0 Å². The maximum atomic E-state index is 14.2. The van der Waals surface area contributed by atoms with Crippen molar-refractivity contribution in [3.63, 3.8) is 0 Å². The molecule has 7 nitrogen and oxygen atoms in total. The monoisotopic (exact) mass is 659 g/mol. The van der Waals surface area contributed by atoms with Gasteiger partial charge in [0.1, 0.15) is 12.6 Å². The van der Waals surface area contributed by atoms with Crippen molar-refractivity contribution in [3.8, 4) is 0 Å². The predicted molar refractivity (Wildman–Crippen MR) is 167 cm³/mol. The summed E-state index contributed by atoms with van der Waals surface area (Å²) in [5.41, 5.74) is 2.70. The average Bonchev–Trinajstić information content (AvgIpc) is 3.42. The number of sulfonamides is 1. The molecule has 0 aromatic heterocycles. The molecule has 0 aliphatic heterocycles.